The molecule has 2 fully saturated rings. The fourth-order valence-corrected chi connectivity index (χ4v) is 2.82. The highest BCUT2D eigenvalue weighted by atomic mass is 15.2. The Labute approximate surface area is 94.4 Å². The van der Waals surface area contributed by atoms with Crippen molar-refractivity contribution in [1.29, 1.82) is 0 Å². The molecule has 1 saturated carbocycles. The summed E-state index contributed by atoms with van der Waals surface area (Å²) in [5, 5.41) is 3.66. The summed E-state index contributed by atoms with van der Waals surface area (Å²) in [5.41, 5.74) is 0. The van der Waals surface area contributed by atoms with Gasteiger partial charge < -0.3 is 5.32 Å². The van der Waals surface area contributed by atoms with Crippen LogP contribution in [0.15, 0.2) is 0 Å². The number of hydrogen-bond donors (Lipinski definition) is 1. The van der Waals surface area contributed by atoms with Gasteiger partial charge in [-0.05, 0) is 51.6 Å². The largest absolute Gasteiger partial charge is 0.313 e. The molecule has 1 heterocycles. The van der Waals surface area contributed by atoms with Crippen LogP contribution in [0, 0.1) is 5.92 Å². The van der Waals surface area contributed by atoms with Crippen molar-refractivity contribution in [3.63, 3.8) is 0 Å². The molecular weight excluding hydrogens is 184 g/mol. The zero-order valence-electron chi connectivity index (χ0n) is 10.3. The number of hydrogen-bond acceptors (Lipinski definition) is 2. The van der Waals surface area contributed by atoms with Crippen molar-refractivity contribution >= 4 is 0 Å². The van der Waals surface area contributed by atoms with Gasteiger partial charge in [-0.3, -0.25) is 4.90 Å². The van der Waals surface area contributed by atoms with Gasteiger partial charge in [-0.1, -0.05) is 13.3 Å². The van der Waals surface area contributed by atoms with E-state index in [9.17, 15) is 0 Å². The minimum Gasteiger partial charge on any atom is -0.313 e. The lowest BCUT2D eigenvalue weighted by atomic mass is 10.0. The van der Waals surface area contributed by atoms with Crippen LogP contribution in [0.2, 0.25) is 0 Å². The molecule has 2 atom stereocenters. The Bertz CT molecular complexity index is 183. The number of rotatable bonds is 5. The summed E-state index contributed by atoms with van der Waals surface area (Å²) >= 11 is 0. The van der Waals surface area contributed by atoms with Crippen LogP contribution in [0.25, 0.3) is 0 Å². The van der Waals surface area contributed by atoms with Gasteiger partial charge in [0, 0.05) is 18.6 Å². The minimum absolute atomic E-state index is 0.764. The van der Waals surface area contributed by atoms with Gasteiger partial charge in [0.25, 0.3) is 0 Å². The lowest BCUT2D eigenvalue weighted by molar-refractivity contribution is 0.168. The maximum atomic E-state index is 3.66. The summed E-state index contributed by atoms with van der Waals surface area (Å²) in [6, 6.07) is 1.58. The molecule has 0 aromatic rings. The number of piperidine rings is 1. The molecule has 0 spiro atoms. The number of nitrogens with zero attached hydrogens (tertiary/aromatic N) is 1. The molecule has 1 saturated heterocycles. The van der Waals surface area contributed by atoms with E-state index in [-0.39, 0.29) is 0 Å². The van der Waals surface area contributed by atoms with Crippen molar-refractivity contribution in [3.05, 3.63) is 0 Å². The van der Waals surface area contributed by atoms with Gasteiger partial charge in [0.15, 0.2) is 0 Å². The van der Waals surface area contributed by atoms with Gasteiger partial charge in [-0.2, -0.15) is 0 Å². The second-order valence-electron chi connectivity index (χ2n) is 5.31. The van der Waals surface area contributed by atoms with Crippen molar-refractivity contribution in [2.24, 2.45) is 5.92 Å². The molecule has 2 rings (SSSR count). The fourth-order valence-electron chi connectivity index (χ4n) is 2.82. The van der Waals surface area contributed by atoms with Gasteiger partial charge in [-0.25, -0.2) is 0 Å². The van der Waals surface area contributed by atoms with E-state index in [0.717, 1.165) is 18.0 Å². The highest BCUT2D eigenvalue weighted by Gasteiger charge is 2.32. The van der Waals surface area contributed by atoms with E-state index in [1.54, 1.807) is 0 Å². The molecule has 1 aliphatic heterocycles. The Morgan fingerprint density at radius 2 is 2.07 bits per heavy atom. The van der Waals surface area contributed by atoms with E-state index < -0.39 is 0 Å². The Hall–Kier alpha value is -0.0800. The van der Waals surface area contributed by atoms with E-state index in [1.165, 1.54) is 51.7 Å². The lowest BCUT2D eigenvalue weighted by Crippen LogP contribution is -2.47. The second-order valence-corrected chi connectivity index (χ2v) is 5.31. The Balaban J connectivity index is 1.77. The van der Waals surface area contributed by atoms with Crippen LogP contribution in [0.1, 0.15) is 46.0 Å². The first kappa shape index (κ1) is 11.4. The van der Waals surface area contributed by atoms with Crippen molar-refractivity contribution in [2.75, 3.05) is 19.6 Å². The highest BCUT2D eigenvalue weighted by Crippen LogP contribution is 2.35. The van der Waals surface area contributed by atoms with Crippen molar-refractivity contribution in [1.82, 2.24) is 10.2 Å². The summed E-state index contributed by atoms with van der Waals surface area (Å²) in [6.07, 6.45) is 7.12. The maximum absolute atomic E-state index is 3.66. The summed E-state index contributed by atoms with van der Waals surface area (Å²) in [7, 11) is 0. The van der Waals surface area contributed by atoms with Crippen LogP contribution in [-0.4, -0.2) is 36.6 Å². The summed E-state index contributed by atoms with van der Waals surface area (Å²) in [6.45, 7) is 8.45. The molecule has 2 unspecified atom stereocenters. The highest BCUT2D eigenvalue weighted by molar-refractivity contribution is 4.87. The van der Waals surface area contributed by atoms with E-state index >= 15 is 0 Å². The fraction of sp³-hybridized carbons (Fsp3) is 1.00. The zero-order chi connectivity index (χ0) is 10.7. The molecule has 1 N–H and O–H groups in total. The van der Waals surface area contributed by atoms with Crippen LogP contribution >= 0.6 is 0 Å². The molecular formula is C13H26N2. The molecule has 2 aliphatic rings. The van der Waals surface area contributed by atoms with Gasteiger partial charge in [0.05, 0.1) is 0 Å². The van der Waals surface area contributed by atoms with Crippen molar-refractivity contribution in [2.45, 2.75) is 58.0 Å². The molecule has 2 nitrogen and oxygen atoms in total. The standard InChI is InChI=1S/C13H26N2/c1-3-15(11(2)12-7-8-12)10-13-6-4-5-9-14-13/h11-14H,3-10H2,1-2H3. The SMILES string of the molecule is CCN(CC1CCCCN1)C(C)C1CC1. The second kappa shape index (κ2) is 5.31. The molecule has 0 bridgehead atoms. The quantitative estimate of drug-likeness (QED) is 0.749. The summed E-state index contributed by atoms with van der Waals surface area (Å²) in [4.78, 5) is 2.68. The Kier molecular flexibility index (Phi) is 4.04. The van der Waals surface area contributed by atoms with E-state index in [2.05, 4.69) is 24.1 Å². The topological polar surface area (TPSA) is 15.3 Å². The van der Waals surface area contributed by atoms with E-state index in [0.29, 0.717) is 0 Å². The lowest BCUT2D eigenvalue weighted by Gasteiger charge is -2.33. The first-order valence-corrected chi connectivity index (χ1v) is 6.78. The average molecular weight is 210 g/mol. The smallest absolute Gasteiger partial charge is 0.0195 e. The van der Waals surface area contributed by atoms with Gasteiger partial charge in [0.2, 0.25) is 0 Å². The van der Waals surface area contributed by atoms with Crippen molar-refractivity contribution < 1.29 is 0 Å². The molecule has 88 valence electrons. The normalized spacial score (nSPS) is 29.4. The Morgan fingerprint density at radius 3 is 2.60 bits per heavy atom. The monoisotopic (exact) mass is 210 g/mol. The van der Waals surface area contributed by atoms with Crippen LogP contribution in [0.3, 0.4) is 0 Å². The Morgan fingerprint density at radius 1 is 1.27 bits per heavy atom. The van der Waals surface area contributed by atoms with Gasteiger partial charge in [0.1, 0.15) is 0 Å². The molecule has 0 radical (unpaired) electrons. The van der Waals surface area contributed by atoms with E-state index in [1.807, 2.05) is 0 Å². The third-order valence-electron chi connectivity index (χ3n) is 4.15. The molecule has 15 heavy (non-hydrogen) atoms. The molecule has 0 aromatic heterocycles. The van der Waals surface area contributed by atoms with Crippen LogP contribution in [0.4, 0.5) is 0 Å². The predicted octanol–water partition coefficient (Wildman–Crippen LogP) is 2.25. The molecule has 2 heteroatoms. The third-order valence-corrected chi connectivity index (χ3v) is 4.15. The van der Waals surface area contributed by atoms with Crippen LogP contribution in [0.5, 0.6) is 0 Å². The van der Waals surface area contributed by atoms with Crippen molar-refractivity contribution in [3.8, 4) is 0 Å². The van der Waals surface area contributed by atoms with Crippen LogP contribution < -0.4 is 5.32 Å². The number of likely N-dealkylation sites (N-methyl/N-ethyl adjacent to an activating group) is 1. The minimum atomic E-state index is 0.764. The molecule has 1 aliphatic carbocycles. The first-order chi connectivity index (χ1) is 7.31. The average Bonchev–Trinajstić information content (AvgIpc) is 3.10. The first-order valence-electron chi connectivity index (χ1n) is 6.78. The summed E-state index contributed by atoms with van der Waals surface area (Å²) in [5.74, 6) is 1.01. The molecule has 0 amide bonds. The summed E-state index contributed by atoms with van der Waals surface area (Å²) < 4.78 is 0. The van der Waals surface area contributed by atoms with E-state index in [4.69, 9.17) is 0 Å². The third kappa shape index (κ3) is 3.18. The van der Waals surface area contributed by atoms with Gasteiger partial charge >= 0.3 is 0 Å². The number of nitrogens with one attached hydrogen (secondary N) is 1. The predicted molar refractivity (Wildman–Crippen MR) is 65.1 cm³/mol. The maximum Gasteiger partial charge on any atom is 0.0195 e. The van der Waals surface area contributed by atoms with Gasteiger partial charge in [-0.15, -0.1) is 0 Å². The zero-order valence-corrected chi connectivity index (χ0v) is 10.3. The van der Waals surface area contributed by atoms with Crippen LogP contribution in [-0.2, 0) is 0 Å². The molecule has 0 aromatic carbocycles.